The largest absolute Gasteiger partial charge is 0.347 e. The normalized spacial score (nSPS) is 20.0. The van der Waals surface area contributed by atoms with Gasteiger partial charge in [0.1, 0.15) is 6.04 Å². The maximum absolute atomic E-state index is 12.4. The monoisotopic (exact) mass is 308 g/mol. The van der Waals surface area contributed by atoms with Gasteiger partial charge >= 0.3 is 0 Å². The third kappa shape index (κ3) is 3.71. The molecule has 21 heavy (non-hydrogen) atoms. The van der Waals surface area contributed by atoms with Gasteiger partial charge in [0.25, 0.3) is 0 Å². The quantitative estimate of drug-likeness (QED) is 0.848. The molecule has 1 unspecified atom stereocenters. The minimum atomic E-state index is -3.58. The van der Waals surface area contributed by atoms with Crippen molar-refractivity contribution in [2.45, 2.75) is 18.9 Å². The number of amides is 1. The Morgan fingerprint density at radius 2 is 1.95 bits per heavy atom. The molecule has 1 aliphatic rings. The molecule has 0 N–H and O–H groups in total. The molecule has 1 heterocycles. The third-order valence-electron chi connectivity index (χ3n) is 3.49. The molecule has 6 heteroatoms. The van der Waals surface area contributed by atoms with Crippen molar-refractivity contribution in [2.75, 3.05) is 20.6 Å². The fraction of sp³-hybridized carbons (Fsp3) is 0.400. The Morgan fingerprint density at radius 3 is 2.57 bits per heavy atom. The van der Waals surface area contributed by atoms with E-state index < -0.39 is 16.1 Å². The number of benzene rings is 1. The highest BCUT2D eigenvalue weighted by Crippen LogP contribution is 2.23. The topological polar surface area (TPSA) is 57.7 Å². The number of carbonyl (C=O) groups excluding carboxylic acids is 1. The molecule has 0 aromatic heterocycles. The van der Waals surface area contributed by atoms with Gasteiger partial charge in [0, 0.05) is 26.0 Å². The van der Waals surface area contributed by atoms with E-state index in [-0.39, 0.29) is 5.91 Å². The van der Waals surface area contributed by atoms with Crippen molar-refractivity contribution in [2.24, 2.45) is 0 Å². The summed E-state index contributed by atoms with van der Waals surface area (Å²) in [4.78, 5) is 13.5. The molecule has 1 atom stereocenters. The second-order valence-electron chi connectivity index (χ2n) is 5.26. The smallest absolute Gasteiger partial charge is 0.240 e. The van der Waals surface area contributed by atoms with E-state index in [0.717, 1.165) is 5.56 Å². The van der Waals surface area contributed by atoms with Crippen molar-refractivity contribution in [3.05, 3.63) is 41.3 Å². The molecule has 0 saturated carbocycles. The fourth-order valence-electron chi connectivity index (χ4n) is 2.40. The minimum absolute atomic E-state index is 0.163. The molecule has 1 aromatic carbocycles. The van der Waals surface area contributed by atoms with Gasteiger partial charge in [-0.15, -0.1) is 0 Å². The molecular formula is C15H20N2O3S. The van der Waals surface area contributed by atoms with Crippen molar-refractivity contribution in [3.8, 4) is 0 Å². The summed E-state index contributed by atoms with van der Waals surface area (Å²) >= 11 is 0. The van der Waals surface area contributed by atoms with Crippen LogP contribution in [0.3, 0.4) is 0 Å². The molecule has 1 amide bonds. The number of hydrogen-bond donors (Lipinski definition) is 0. The highest BCUT2D eigenvalue weighted by molar-refractivity contribution is 7.92. The lowest BCUT2D eigenvalue weighted by Crippen LogP contribution is -2.44. The summed E-state index contributed by atoms with van der Waals surface area (Å²) in [5.74, 6) is -0.163. The molecule has 0 radical (unpaired) electrons. The van der Waals surface area contributed by atoms with E-state index in [1.807, 2.05) is 30.3 Å². The third-order valence-corrected chi connectivity index (χ3v) is 5.06. The Balaban J connectivity index is 2.19. The van der Waals surface area contributed by atoms with Gasteiger partial charge in [-0.1, -0.05) is 30.3 Å². The second kappa shape index (κ2) is 6.41. The average molecular weight is 308 g/mol. The van der Waals surface area contributed by atoms with E-state index in [4.69, 9.17) is 0 Å². The lowest BCUT2D eigenvalue weighted by atomic mass is 10.2. The predicted molar refractivity (Wildman–Crippen MR) is 82.8 cm³/mol. The minimum Gasteiger partial charge on any atom is -0.347 e. The Bertz CT molecular complexity index is 624. The molecule has 0 aliphatic carbocycles. The van der Waals surface area contributed by atoms with Crippen molar-refractivity contribution < 1.29 is 13.2 Å². The first-order valence-corrected chi connectivity index (χ1v) is 8.38. The van der Waals surface area contributed by atoms with Crippen LogP contribution < -0.4 is 0 Å². The lowest BCUT2D eigenvalue weighted by molar-refractivity contribution is -0.132. The predicted octanol–water partition coefficient (Wildman–Crippen LogP) is 1.54. The van der Waals surface area contributed by atoms with Gasteiger partial charge in [0.15, 0.2) is 0 Å². The lowest BCUT2D eigenvalue weighted by Gasteiger charge is -2.24. The van der Waals surface area contributed by atoms with Gasteiger partial charge in [0.05, 0.1) is 0 Å². The molecule has 2 rings (SSSR count). The first kappa shape index (κ1) is 15.7. The maximum Gasteiger partial charge on any atom is 0.240 e. The Labute approximate surface area is 125 Å². The van der Waals surface area contributed by atoms with E-state index in [0.29, 0.717) is 19.4 Å². The number of hydrogen-bond acceptors (Lipinski definition) is 3. The van der Waals surface area contributed by atoms with Crippen molar-refractivity contribution in [3.63, 3.8) is 0 Å². The number of nitrogens with zero attached hydrogens (tertiary/aromatic N) is 2. The molecule has 5 nitrogen and oxygen atoms in total. The van der Waals surface area contributed by atoms with Gasteiger partial charge in [-0.25, -0.2) is 8.42 Å². The zero-order valence-corrected chi connectivity index (χ0v) is 13.1. The Hall–Kier alpha value is -1.66. The number of likely N-dealkylation sites (N-methyl/N-ethyl adjacent to an activating group) is 1. The molecule has 1 aromatic rings. The van der Waals surface area contributed by atoms with E-state index in [1.165, 1.54) is 14.6 Å². The summed E-state index contributed by atoms with van der Waals surface area (Å²) < 4.78 is 26.1. The first-order chi connectivity index (χ1) is 9.92. The van der Waals surface area contributed by atoms with Gasteiger partial charge in [-0.2, -0.15) is 4.31 Å². The van der Waals surface area contributed by atoms with E-state index in [1.54, 1.807) is 20.2 Å². The summed E-state index contributed by atoms with van der Waals surface area (Å²) in [7, 11) is -0.292. The first-order valence-electron chi connectivity index (χ1n) is 6.88. The molecule has 0 spiro atoms. The SMILES string of the molecule is CN(C)C(=O)C1CCCN1S(=O)(=O)/C=C/c1ccccc1. The zero-order chi connectivity index (χ0) is 15.5. The number of carbonyl (C=O) groups is 1. The zero-order valence-electron chi connectivity index (χ0n) is 12.3. The van der Waals surface area contributed by atoms with Crippen molar-refractivity contribution in [1.29, 1.82) is 0 Å². The van der Waals surface area contributed by atoms with Crippen molar-refractivity contribution >= 4 is 22.0 Å². The van der Waals surface area contributed by atoms with Crippen LogP contribution in [0.25, 0.3) is 6.08 Å². The average Bonchev–Trinajstić information content (AvgIpc) is 2.95. The highest BCUT2D eigenvalue weighted by atomic mass is 32.2. The van der Waals surface area contributed by atoms with Gasteiger partial charge in [-0.3, -0.25) is 4.79 Å². The highest BCUT2D eigenvalue weighted by Gasteiger charge is 2.38. The molecule has 114 valence electrons. The van der Waals surface area contributed by atoms with E-state index in [2.05, 4.69) is 0 Å². The van der Waals surface area contributed by atoms with Crippen molar-refractivity contribution in [1.82, 2.24) is 9.21 Å². The standard InChI is InChI=1S/C15H20N2O3S/c1-16(2)15(18)14-9-6-11-17(14)21(19,20)12-10-13-7-4-3-5-8-13/h3-5,7-8,10,12,14H,6,9,11H2,1-2H3/b12-10+. The summed E-state index contributed by atoms with van der Waals surface area (Å²) in [6.07, 6.45) is 2.85. The summed E-state index contributed by atoms with van der Waals surface area (Å²) in [6, 6.07) is 8.65. The van der Waals surface area contributed by atoms with Gasteiger partial charge in [0.2, 0.25) is 15.9 Å². The molecule has 1 aliphatic heterocycles. The van der Waals surface area contributed by atoms with Crippen LogP contribution in [-0.2, 0) is 14.8 Å². The van der Waals surface area contributed by atoms with Gasteiger partial charge < -0.3 is 4.90 Å². The van der Waals surface area contributed by atoms with Crippen LogP contribution >= 0.6 is 0 Å². The van der Waals surface area contributed by atoms with E-state index in [9.17, 15) is 13.2 Å². The Kier molecular flexibility index (Phi) is 4.80. The number of rotatable bonds is 4. The molecular weight excluding hydrogens is 288 g/mol. The van der Waals surface area contributed by atoms with Crippen LogP contribution in [0.2, 0.25) is 0 Å². The number of sulfonamides is 1. The van der Waals surface area contributed by atoms with Crippen LogP contribution in [0.1, 0.15) is 18.4 Å². The fourth-order valence-corrected chi connectivity index (χ4v) is 3.82. The van der Waals surface area contributed by atoms with Crippen LogP contribution in [0.4, 0.5) is 0 Å². The van der Waals surface area contributed by atoms with Crippen LogP contribution in [0, 0.1) is 0 Å². The van der Waals surface area contributed by atoms with Crippen LogP contribution in [-0.4, -0.2) is 50.2 Å². The summed E-state index contributed by atoms with van der Waals surface area (Å²) in [5.41, 5.74) is 0.816. The molecule has 1 fully saturated rings. The maximum atomic E-state index is 12.4. The van der Waals surface area contributed by atoms with Gasteiger partial charge in [-0.05, 0) is 24.5 Å². The second-order valence-corrected chi connectivity index (χ2v) is 7.03. The summed E-state index contributed by atoms with van der Waals surface area (Å²) in [6.45, 7) is 0.395. The van der Waals surface area contributed by atoms with E-state index >= 15 is 0 Å². The summed E-state index contributed by atoms with van der Waals surface area (Å²) in [5, 5.41) is 1.18. The van der Waals surface area contributed by atoms with Crippen LogP contribution in [0.15, 0.2) is 35.7 Å². The van der Waals surface area contributed by atoms with Crippen LogP contribution in [0.5, 0.6) is 0 Å². The Morgan fingerprint density at radius 1 is 1.29 bits per heavy atom. The molecule has 0 bridgehead atoms. The molecule has 1 saturated heterocycles.